The Balaban J connectivity index is 1.87. The van der Waals surface area contributed by atoms with Crippen molar-refractivity contribution in [3.8, 4) is 11.3 Å². The SMILES string of the molecule is CCN(CC)c1onc(-c2ccc(F)cc2)c1CN(CC(O)COC(C)C)CC1CC1. The van der Waals surface area contributed by atoms with E-state index < -0.39 is 6.10 Å². The topological polar surface area (TPSA) is 62.0 Å². The molecule has 0 saturated heterocycles. The number of rotatable bonds is 13. The molecule has 1 aliphatic rings. The van der Waals surface area contributed by atoms with Crippen molar-refractivity contribution >= 4 is 5.88 Å². The second kappa shape index (κ2) is 11.1. The fourth-order valence-corrected chi connectivity index (χ4v) is 3.78. The summed E-state index contributed by atoms with van der Waals surface area (Å²) in [6, 6.07) is 6.36. The van der Waals surface area contributed by atoms with Crippen LogP contribution in [0.4, 0.5) is 10.3 Å². The van der Waals surface area contributed by atoms with Gasteiger partial charge in [0.1, 0.15) is 11.5 Å². The van der Waals surface area contributed by atoms with Gasteiger partial charge in [-0.05, 0) is 70.7 Å². The number of nitrogens with zero attached hydrogens (tertiary/aromatic N) is 3. The Labute approximate surface area is 185 Å². The van der Waals surface area contributed by atoms with E-state index in [2.05, 4.69) is 28.8 Å². The van der Waals surface area contributed by atoms with Crippen LogP contribution in [0.25, 0.3) is 11.3 Å². The molecule has 6 nitrogen and oxygen atoms in total. The van der Waals surface area contributed by atoms with E-state index in [-0.39, 0.29) is 11.9 Å². The third kappa shape index (κ3) is 6.76. The summed E-state index contributed by atoms with van der Waals surface area (Å²) in [5.41, 5.74) is 2.54. The molecule has 1 atom stereocenters. The summed E-state index contributed by atoms with van der Waals surface area (Å²) in [4.78, 5) is 4.42. The lowest BCUT2D eigenvalue weighted by Crippen LogP contribution is -2.37. The molecular formula is C24H36FN3O3. The first-order valence-electron chi connectivity index (χ1n) is 11.4. The zero-order valence-corrected chi connectivity index (χ0v) is 19.2. The van der Waals surface area contributed by atoms with Gasteiger partial charge in [-0.1, -0.05) is 5.16 Å². The molecule has 0 bridgehead atoms. The van der Waals surface area contributed by atoms with Crippen LogP contribution in [0, 0.1) is 11.7 Å². The Kier molecular flexibility index (Phi) is 8.46. The molecule has 0 aliphatic heterocycles. The highest BCUT2D eigenvalue weighted by Gasteiger charge is 2.29. The maximum atomic E-state index is 13.5. The quantitative estimate of drug-likeness (QED) is 0.508. The Morgan fingerprint density at radius 2 is 1.87 bits per heavy atom. The number of aliphatic hydroxyl groups excluding tert-OH is 1. The Morgan fingerprint density at radius 1 is 1.19 bits per heavy atom. The summed E-state index contributed by atoms with van der Waals surface area (Å²) in [6.07, 6.45) is 1.98. The molecule has 31 heavy (non-hydrogen) atoms. The molecule has 1 aromatic heterocycles. The van der Waals surface area contributed by atoms with Crippen LogP contribution in [0.2, 0.25) is 0 Å². The van der Waals surface area contributed by atoms with Crippen LogP contribution in [-0.4, -0.2) is 60.2 Å². The molecule has 1 fully saturated rings. The molecule has 2 aromatic rings. The highest BCUT2D eigenvalue weighted by molar-refractivity contribution is 5.68. The van der Waals surface area contributed by atoms with E-state index in [4.69, 9.17) is 9.26 Å². The number of hydrogen-bond donors (Lipinski definition) is 1. The van der Waals surface area contributed by atoms with Gasteiger partial charge in [-0.25, -0.2) is 4.39 Å². The summed E-state index contributed by atoms with van der Waals surface area (Å²) in [6.45, 7) is 12.1. The molecule has 1 aliphatic carbocycles. The number of anilines is 1. The van der Waals surface area contributed by atoms with E-state index in [0.717, 1.165) is 42.3 Å². The minimum Gasteiger partial charge on any atom is -0.389 e. The van der Waals surface area contributed by atoms with Crippen molar-refractivity contribution in [2.45, 2.75) is 59.3 Å². The summed E-state index contributed by atoms with van der Waals surface area (Å²) in [5, 5.41) is 14.9. The van der Waals surface area contributed by atoms with Crippen molar-refractivity contribution in [3.05, 3.63) is 35.6 Å². The van der Waals surface area contributed by atoms with Crippen molar-refractivity contribution in [1.29, 1.82) is 0 Å². The number of aliphatic hydroxyl groups is 1. The van der Waals surface area contributed by atoms with Crippen LogP contribution < -0.4 is 4.90 Å². The Bertz CT molecular complexity index is 801. The molecule has 1 heterocycles. The van der Waals surface area contributed by atoms with Crippen LogP contribution in [0.1, 0.15) is 46.1 Å². The molecule has 0 amide bonds. The van der Waals surface area contributed by atoms with Gasteiger partial charge in [0.25, 0.3) is 0 Å². The molecular weight excluding hydrogens is 397 g/mol. The van der Waals surface area contributed by atoms with Gasteiger partial charge < -0.3 is 19.3 Å². The van der Waals surface area contributed by atoms with Crippen molar-refractivity contribution < 1.29 is 18.8 Å². The molecule has 1 unspecified atom stereocenters. The van der Waals surface area contributed by atoms with E-state index in [1.165, 1.54) is 25.0 Å². The van der Waals surface area contributed by atoms with E-state index in [1.807, 2.05) is 13.8 Å². The first-order valence-corrected chi connectivity index (χ1v) is 11.4. The van der Waals surface area contributed by atoms with Crippen LogP contribution in [-0.2, 0) is 11.3 Å². The molecule has 0 spiro atoms. The normalized spacial score (nSPS) is 15.1. The fourth-order valence-electron chi connectivity index (χ4n) is 3.78. The van der Waals surface area contributed by atoms with Crippen molar-refractivity contribution in [1.82, 2.24) is 10.1 Å². The highest BCUT2D eigenvalue weighted by atomic mass is 19.1. The molecule has 0 radical (unpaired) electrons. The molecule has 3 rings (SSSR count). The Morgan fingerprint density at radius 3 is 2.45 bits per heavy atom. The minimum atomic E-state index is -0.563. The van der Waals surface area contributed by atoms with E-state index in [1.54, 1.807) is 12.1 Å². The lowest BCUT2D eigenvalue weighted by molar-refractivity contribution is -0.0100. The van der Waals surface area contributed by atoms with Crippen LogP contribution >= 0.6 is 0 Å². The van der Waals surface area contributed by atoms with Gasteiger partial charge in [-0.15, -0.1) is 0 Å². The number of ether oxygens (including phenoxy) is 1. The average molecular weight is 434 g/mol. The van der Waals surface area contributed by atoms with Crippen molar-refractivity contribution in [2.24, 2.45) is 5.92 Å². The highest BCUT2D eigenvalue weighted by Crippen LogP contribution is 2.35. The molecule has 1 aromatic carbocycles. The van der Waals surface area contributed by atoms with E-state index >= 15 is 0 Å². The first kappa shape index (κ1) is 23.7. The summed E-state index contributed by atoms with van der Waals surface area (Å²) in [5.74, 6) is 1.14. The van der Waals surface area contributed by atoms with E-state index in [9.17, 15) is 9.50 Å². The second-order valence-electron chi connectivity index (χ2n) is 8.67. The third-order valence-electron chi connectivity index (χ3n) is 5.62. The number of halogens is 1. The van der Waals surface area contributed by atoms with Gasteiger partial charge in [0.15, 0.2) is 0 Å². The Hall–Kier alpha value is -1.96. The van der Waals surface area contributed by atoms with Gasteiger partial charge >= 0.3 is 0 Å². The molecule has 7 heteroatoms. The monoisotopic (exact) mass is 433 g/mol. The van der Waals surface area contributed by atoms with Crippen LogP contribution in [0.5, 0.6) is 0 Å². The maximum absolute atomic E-state index is 13.5. The second-order valence-corrected chi connectivity index (χ2v) is 8.67. The van der Waals surface area contributed by atoms with Crippen LogP contribution in [0.3, 0.4) is 0 Å². The molecule has 1 N–H and O–H groups in total. The van der Waals surface area contributed by atoms with Gasteiger partial charge in [-0.3, -0.25) is 4.90 Å². The summed E-state index contributed by atoms with van der Waals surface area (Å²) in [7, 11) is 0. The summed E-state index contributed by atoms with van der Waals surface area (Å²) < 4.78 is 24.9. The maximum Gasteiger partial charge on any atom is 0.232 e. The number of aromatic nitrogens is 1. The van der Waals surface area contributed by atoms with Crippen molar-refractivity contribution in [2.75, 3.05) is 37.7 Å². The zero-order valence-electron chi connectivity index (χ0n) is 19.2. The van der Waals surface area contributed by atoms with Gasteiger partial charge in [0.2, 0.25) is 5.88 Å². The fraction of sp³-hybridized carbons (Fsp3) is 0.625. The van der Waals surface area contributed by atoms with Gasteiger partial charge in [0, 0.05) is 38.3 Å². The zero-order chi connectivity index (χ0) is 22.4. The lowest BCUT2D eigenvalue weighted by atomic mass is 10.1. The predicted octanol–water partition coefficient (Wildman–Crippen LogP) is 4.32. The van der Waals surface area contributed by atoms with Gasteiger partial charge in [0.05, 0.1) is 24.4 Å². The number of benzene rings is 1. The summed E-state index contributed by atoms with van der Waals surface area (Å²) >= 11 is 0. The lowest BCUT2D eigenvalue weighted by Gasteiger charge is -2.27. The predicted molar refractivity (Wildman–Crippen MR) is 121 cm³/mol. The minimum absolute atomic E-state index is 0.0870. The molecule has 172 valence electrons. The number of hydrogen-bond acceptors (Lipinski definition) is 6. The third-order valence-corrected chi connectivity index (χ3v) is 5.62. The van der Waals surface area contributed by atoms with Gasteiger partial charge in [-0.2, -0.15) is 0 Å². The largest absolute Gasteiger partial charge is 0.389 e. The average Bonchev–Trinajstić information content (AvgIpc) is 3.47. The smallest absolute Gasteiger partial charge is 0.232 e. The standard InChI is InChI=1S/C24H36FN3O3/c1-5-28(6-2)24-22(23(26-31-24)19-9-11-20(25)12-10-19)15-27(13-18-7-8-18)14-21(29)16-30-17(3)4/h9-12,17-18,21,29H,5-8,13-16H2,1-4H3. The first-order chi connectivity index (χ1) is 14.9. The van der Waals surface area contributed by atoms with E-state index in [0.29, 0.717) is 25.6 Å². The van der Waals surface area contributed by atoms with Crippen LogP contribution in [0.15, 0.2) is 28.8 Å². The molecule has 1 saturated carbocycles. The van der Waals surface area contributed by atoms with Crippen molar-refractivity contribution in [3.63, 3.8) is 0 Å².